The largest absolute Gasteiger partial charge is 0.493 e. The van der Waals surface area contributed by atoms with Gasteiger partial charge in [0.15, 0.2) is 0 Å². The highest BCUT2D eigenvalue weighted by Crippen LogP contribution is 2.27. The third kappa shape index (κ3) is 4.18. The number of hydrogen-bond donors (Lipinski definition) is 1. The Kier molecular flexibility index (Phi) is 5.51. The summed E-state index contributed by atoms with van der Waals surface area (Å²) in [6.07, 6.45) is 3.74. The lowest BCUT2D eigenvalue weighted by atomic mass is 9.99. The van der Waals surface area contributed by atoms with E-state index in [1.165, 1.54) is 0 Å². The minimum atomic E-state index is -0.385. The number of carbonyl (C=O) groups excluding carboxylic acids is 1. The summed E-state index contributed by atoms with van der Waals surface area (Å²) in [5.41, 5.74) is 7.08. The molecule has 0 aliphatic rings. The van der Waals surface area contributed by atoms with Crippen LogP contribution in [0.4, 0.5) is 0 Å². The number of hydrogen-bond acceptors (Lipinski definition) is 5. The van der Waals surface area contributed by atoms with Crippen LogP contribution >= 0.6 is 0 Å². The van der Waals surface area contributed by atoms with Crippen molar-refractivity contribution in [2.45, 2.75) is 33.1 Å². The van der Waals surface area contributed by atoms with Gasteiger partial charge in [0.05, 0.1) is 12.5 Å². The first-order valence-corrected chi connectivity index (χ1v) is 7.57. The van der Waals surface area contributed by atoms with Gasteiger partial charge in [0, 0.05) is 24.0 Å². The van der Waals surface area contributed by atoms with E-state index >= 15 is 0 Å². The van der Waals surface area contributed by atoms with Crippen molar-refractivity contribution in [3.8, 4) is 17.5 Å². The number of primary amides is 1. The van der Waals surface area contributed by atoms with Crippen LogP contribution in [0, 0.1) is 6.92 Å². The minimum Gasteiger partial charge on any atom is -0.493 e. The molecule has 0 aliphatic carbocycles. The molecule has 1 unspecified atom stereocenters. The molecule has 0 fully saturated rings. The fourth-order valence-electron chi connectivity index (χ4n) is 2.22. The van der Waals surface area contributed by atoms with E-state index in [1.807, 2.05) is 32.9 Å². The Morgan fingerprint density at radius 3 is 2.52 bits per heavy atom. The highest BCUT2D eigenvalue weighted by Gasteiger charge is 2.16. The van der Waals surface area contributed by atoms with Crippen molar-refractivity contribution in [3.05, 3.63) is 41.7 Å². The van der Waals surface area contributed by atoms with E-state index in [2.05, 4.69) is 9.97 Å². The number of ether oxygens (including phenoxy) is 2. The minimum absolute atomic E-state index is 0.208. The standard InChI is InChI=1S/C17H21N3O3/c1-4-14(16(18)21)12-9-19-17(20-10-12)23-13-7-6-11(3)15(8-13)22-5-2/h6-10,14H,4-5H2,1-3H3,(H2,18,21). The molecule has 2 N–H and O–H groups in total. The molecule has 0 bridgehead atoms. The monoisotopic (exact) mass is 315 g/mol. The van der Waals surface area contributed by atoms with Crippen LogP contribution < -0.4 is 15.2 Å². The molecule has 23 heavy (non-hydrogen) atoms. The van der Waals surface area contributed by atoms with Crippen LogP contribution in [0.3, 0.4) is 0 Å². The molecule has 0 spiro atoms. The van der Waals surface area contributed by atoms with Crippen LogP contribution in [-0.4, -0.2) is 22.5 Å². The molecule has 0 aliphatic heterocycles. The first-order chi connectivity index (χ1) is 11.0. The molecule has 1 aromatic carbocycles. The second-order valence-corrected chi connectivity index (χ2v) is 5.12. The highest BCUT2D eigenvalue weighted by atomic mass is 16.5. The van der Waals surface area contributed by atoms with E-state index in [0.717, 1.165) is 11.3 Å². The van der Waals surface area contributed by atoms with Crippen molar-refractivity contribution < 1.29 is 14.3 Å². The summed E-state index contributed by atoms with van der Waals surface area (Å²) in [6.45, 7) is 6.37. The van der Waals surface area contributed by atoms with Gasteiger partial charge in [0.1, 0.15) is 11.5 Å². The summed E-state index contributed by atoms with van der Waals surface area (Å²) in [5, 5.41) is 0. The molecule has 0 saturated carbocycles. The summed E-state index contributed by atoms with van der Waals surface area (Å²) in [5.74, 6) is 0.591. The molecular weight excluding hydrogens is 294 g/mol. The van der Waals surface area contributed by atoms with Crippen LogP contribution in [0.25, 0.3) is 0 Å². The Hall–Kier alpha value is -2.63. The summed E-state index contributed by atoms with van der Waals surface area (Å²) in [6, 6.07) is 5.75. The predicted molar refractivity (Wildman–Crippen MR) is 86.7 cm³/mol. The van der Waals surface area contributed by atoms with Crippen molar-refractivity contribution in [2.75, 3.05) is 6.61 Å². The van der Waals surface area contributed by atoms with E-state index in [0.29, 0.717) is 24.3 Å². The smallest absolute Gasteiger partial charge is 0.321 e. The first-order valence-electron chi connectivity index (χ1n) is 7.57. The average molecular weight is 315 g/mol. The Morgan fingerprint density at radius 1 is 1.26 bits per heavy atom. The number of benzene rings is 1. The molecule has 1 atom stereocenters. The number of amides is 1. The third-order valence-electron chi connectivity index (χ3n) is 3.47. The Morgan fingerprint density at radius 2 is 1.96 bits per heavy atom. The van der Waals surface area contributed by atoms with Gasteiger partial charge >= 0.3 is 6.01 Å². The Bertz CT molecular complexity index is 671. The third-order valence-corrected chi connectivity index (χ3v) is 3.47. The molecule has 1 amide bonds. The lowest BCUT2D eigenvalue weighted by Gasteiger charge is -2.11. The molecule has 122 valence electrons. The van der Waals surface area contributed by atoms with Crippen LogP contribution in [0.2, 0.25) is 0 Å². The zero-order valence-electron chi connectivity index (χ0n) is 13.6. The first kappa shape index (κ1) is 16.7. The second-order valence-electron chi connectivity index (χ2n) is 5.12. The second kappa shape index (κ2) is 7.58. The van der Waals surface area contributed by atoms with Crippen LogP contribution in [0.1, 0.15) is 37.3 Å². The van der Waals surface area contributed by atoms with Gasteiger partial charge < -0.3 is 15.2 Å². The number of nitrogens with zero attached hydrogens (tertiary/aromatic N) is 2. The highest BCUT2D eigenvalue weighted by molar-refractivity contribution is 5.81. The summed E-state index contributed by atoms with van der Waals surface area (Å²) in [4.78, 5) is 19.6. The summed E-state index contributed by atoms with van der Waals surface area (Å²) < 4.78 is 11.2. The molecule has 2 aromatic rings. The molecule has 1 aromatic heterocycles. The van der Waals surface area contributed by atoms with E-state index < -0.39 is 0 Å². The van der Waals surface area contributed by atoms with Crippen molar-refractivity contribution in [2.24, 2.45) is 5.73 Å². The van der Waals surface area contributed by atoms with E-state index in [-0.39, 0.29) is 17.8 Å². The molecule has 1 heterocycles. The number of rotatable bonds is 7. The number of nitrogens with two attached hydrogens (primary N) is 1. The van der Waals surface area contributed by atoms with Gasteiger partial charge in [-0.25, -0.2) is 9.97 Å². The predicted octanol–water partition coefficient (Wildman–Crippen LogP) is 2.95. The van der Waals surface area contributed by atoms with Gasteiger partial charge in [0.25, 0.3) is 0 Å². The maximum absolute atomic E-state index is 11.4. The molecular formula is C17H21N3O3. The normalized spacial score (nSPS) is 11.8. The van der Waals surface area contributed by atoms with E-state index in [4.69, 9.17) is 15.2 Å². The lowest BCUT2D eigenvalue weighted by molar-refractivity contribution is -0.119. The average Bonchev–Trinajstić information content (AvgIpc) is 2.53. The van der Waals surface area contributed by atoms with Gasteiger partial charge in [-0.3, -0.25) is 4.79 Å². The van der Waals surface area contributed by atoms with Gasteiger partial charge in [0.2, 0.25) is 5.91 Å². The maximum Gasteiger partial charge on any atom is 0.321 e. The molecule has 6 heteroatoms. The lowest BCUT2D eigenvalue weighted by Crippen LogP contribution is -2.21. The topological polar surface area (TPSA) is 87.3 Å². The van der Waals surface area contributed by atoms with E-state index in [1.54, 1.807) is 18.5 Å². The van der Waals surface area contributed by atoms with Crippen molar-refractivity contribution >= 4 is 5.91 Å². The van der Waals surface area contributed by atoms with Crippen molar-refractivity contribution in [3.63, 3.8) is 0 Å². The fourth-order valence-corrected chi connectivity index (χ4v) is 2.22. The summed E-state index contributed by atoms with van der Waals surface area (Å²) in [7, 11) is 0. The number of aryl methyl sites for hydroxylation is 1. The number of carbonyl (C=O) groups is 1. The van der Waals surface area contributed by atoms with Crippen LogP contribution in [0.5, 0.6) is 17.5 Å². The Balaban J connectivity index is 2.15. The molecule has 0 radical (unpaired) electrons. The molecule has 0 saturated heterocycles. The number of aromatic nitrogens is 2. The van der Waals surface area contributed by atoms with Crippen molar-refractivity contribution in [1.82, 2.24) is 9.97 Å². The van der Waals surface area contributed by atoms with Gasteiger partial charge in [-0.1, -0.05) is 13.0 Å². The maximum atomic E-state index is 11.4. The van der Waals surface area contributed by atoms with Gasteiger partial charge in [-0.05, 0) is 31.9 Å². The van der Waals surface area contributed by atoms with Gasteiger partial charge in [-0.15, -0.1) is 0 Å². The zero-order chi connectivity index (χ0) is 16.8. The summed E-state index contributed by atoms with van der Waals surface area (Å²) >= 11 is 0. The van der Waals surface area contributed by atoms with Crippen molar-refractivity contribution in [1.29, 1.82) is 0 Å². The zero-order valence-corrected chi connectivity index (χ0v) is 13.6. The quantitative estimate of drug-likeness (QED) is 0.848. The van der Waals surface area contributed by atoms with Crippen LogP contribution in [-0.2, 0) is 4.79 Å². The molecule has 6 nitrogen and oxygen atoms in total. The SMILES string of the molecule is CCOc1cc(Oc2ncc(C(CC)C(N)=O)cn2)ccc1C. The van der Waals surface area contributed by atoms with E-state index in [9.17, 15) is 4.79 Å². The van der Waals surface area contributed by atoms with Crippen LogP contribution in [0.15, 0.2) is 30.6 Å². The fraction of sp³-hybridized carbons (Fsp3) is 0.353. The molecule has 2 rings (SSSR count). The Labute approximate surface area is 135 Å². The van der Waals surface area contributed by atoms with Gasteiger partial charge in [-0.2, -0.15) is 0 Å².